The third-order valence-electron chi connectivity index (χ3n) is 4.31. The number of rotatable bonds is 3. The molecule has 2 aliphatic heterocycles. The number of H-pyrrole nitrogens is 1. The summed E-state index contributed by atoms with van der Waals surface area (Å²) < 4.78 is 7.34. The van der Waals surface area contributed by atoms with Crippen LogP contribution in [0.1, 0.15) is 16.1 Å². The highest BCUT2D eigenvalue weighted by Crippen LogP contribution is 2.19. The van der Waals surface area contributed by atoms with E-state index >= 15 is 0 Å². The molecule has 2 aromatic heterocycles. The molecule has 122 valence electrons. The van der Waals surface area contributed by atoms with Crippen LogP contribution in [0, 0.1) is 0 Å². The van der Waals surface area contributed by atoms with Gasteiger partial charge in [0.15, 0.2) is 5.65 Å². The maximum absolute atomic E-state index is 12.5. The van der Waals surface area contributed by atoms with Crippen LogP contribution in [-0.2, 0) is 11.3 Å². The van der Waals surface area contributed by atoms with Crippen LogP contribution in [0.25, 0.3) is 5.65 Å². The Balaban J connectivity index is 1.55. The Labute approximate surface area is 140 Å². The topological polar surface area (TPSA) is 82.9 Å². The van der Waals surface area contributed by atoms with Crippen molar-refractivity contribution in [1.29, 1.82) is 0 Å². The molecule has 2 aromatic rings. The number of nitrogens with zero attached hydrogens (tertiary/aromatic N) is 4. The fourth-order valence-corrected chi connectivity index (χ4v) is 3.41. The molecule has 0 aliphatic carbocycles. The van der Waals surface area contributed by atoms with E-state index in [1.165, 1.54) is 4.52 Å². The lowest BCUT2D eigenvalue weighted by Crippen LogP contribution is -2.41. The van der Waals surface area contributed by atoms with E-state index in [1.807, 2.05) is 0 Å². The molecule has 9 heteroatoms. The van der Waals surface area contributed by atoms with Gasteiger partial charge in [-0.2, -0.15) is 0 Å². The van der Waals surface area contributed by atoms with Crippen LogP contribution < -0.4 is 5.56 Å². The molecule has 1 saturated heterocycles. The van der Waals surface area contributed by atoms with Gasteiger partial charge < -0.3 is 9.64 Å². The Kier molecular flexibility index (Phi) is 3.70. The molecule has 0 aromatic carbocycles. The van der Waals surface area contributed by atoms with E-state index in [4.69, 9.17) is 4.74 Å². The van der Waals surface area contributed by atoms with E-state index < -0.39 is 0 Å². The number of halogens is 1. The van der Waals surface area contributed by atoms with Crippen LogP contribution >= 0.6 is 15.9 Å². The standard InChI is InChI=1S/C14H16BrN5O3/c15-10-7-11-16-12-9(13(21)20(11)17-10)8-19(14(12)22)2-1-18-3-5-23-6-4-18/h7,17H,1-6,8H2. The quantitative estimate of drug-likeness (QED) is 0.813. The average molecular weight is 382 g/mol. The Morgan fingerprint density at radius 2 is 2.04 bits per heavy atom. The largest absolute Gasteiger partial charge is 0.379 e. The monoisotopic (exact) mass is 381 g/mol. The minimum absolute atomic E-state index is 0.162. The van der Waals surface area contributed by atoms with Gasteiger partial charge in [0.1, 0.15) is 10.3 Å². The molecule has 0 radical (unpaired) electrons. The highest BCUT2D eigenvalue weighted by atomic mass is 79.9. The summed E-state index contributed by atoms with van der Waals surface area (Å²) in [4.78, 5) is 33.3. The number of morpholine rings is 1. The van der Waals surface area contributed by atoms with Crippen LogP contribution in [0.2, 0.25) is 0 Å². The van der Waals surface area contributed by atoms with Gasteiger partial charge in [0, 0.05) is 32.2 Å². The lowest BCUT2D eigenvalue weighted by atomic mass is 10.3. The lowest BCUT2D eigenvalue weighted by Gasteiger charge is -2.28. The molecule has 23 heavy (non-hydrogen) atoms. The van der Waals surface area contributed by atoms with Gasteiger partial charge in [0.25, 0.3) is 11.5 Å². The molecule has 1 fully saturated rings. The lowest BCUT2D eigenvalue weighted by molar-refractivity contribution is 0.0327. The Morgan fingerprint density at radius 3 is 2.83 bits per heavy atom. The summed E-state index contributed by atoms with van der Waals surface area (Å²) in [7, 11) is 0. The summed E-state index contributed by atoms with van der Waals surface area (Å²) in [6, 6.07) is 1.69. The van der Waals surface area contributed by atoms with E-state index in [0.29, 0.717) is 28.9 Å². The Morgan fingerprint density at radius 1 is 1.26 bits per heavy atom. The van der Waals surface area contributed by atoms with Crippen molar-refractivity contribution < 1.29 is 9.53 Å². The summed E-state index contributed by atoms with van der Waals surface area (Å²) >= 11 is 3.28. The van der Waals surface area contributed by atoms with Gasteiger partial charge >= 0.3 is 0 Å². The fourth-order valence-electron chi connectivity index (χ4n) is 3.03. The maximum atomic E-state index is 12.5. The average Bonchev–Trinajstić information content (AvgIpc) is 3.08. The molecular formula is C14H16BrN5O3. The van der Waals surface area contributed by atoms with Crippen molar-refractivity contribution in [3.63, 3.8) is 0 Å². The van der Waals surface area contributed by atoms with Crippen molar-refractivity contribution in [2.75, 3.05) is 39.4 Å². The van der Waals surface area contributed by atoms with E-state index in [1.54, 1.807) is 11.0 Å². The van der Waals surface area contributed by atoms with E-state index in [-0.39, 0.29) is 17.2 Å². The third-order valence-corrected chi connectivity index (χ3v) is 4.71. The summed E-state index contributed by atoms with van der Waals surface area (Å²) in [6.07, 6.45) is 0. The van der Waals surface area contributed by atoms with E-state index in [2.05, 4.69) is 30.9 Å². The number of hydrogen-bond donors (Lipinski definition) is 1. The number of ether oxygens (including phenoxy) is 1. The highest BCUT2D eigenvalue weighted by molar-refractivity contribution is 9.10. The molecule has 0 atom stereocenters. The number of hydrogen-bond acceptors (Lipinski definition) is 5. The van der Waals surface area contributed by atoms with Gasteiger partial charge in [-0.3, -0.25) is 19.6 Å². The zero-order valence-electron chi connectivity index (χ0n) is 12.4. The number of amides is 1. The predicted molar refractivity (Wildman–Crippen MR) is 85.5 cm³/mol. The minimum Gasteiger partial charge on any atom is -0.379 e. The minimum atomic E-state index is -0.210. The van der Waals surface area contributed by atoms with Crippen molar-refractivity contribution in [3.8, 4) is 0 Å². The van der Waals surface area contributed by atoms with Gasteiger partial charge in [-0.05, 0) is 15.9 Å². The van der Waals surface area contributed by atoms with Crippen molar-refractivity contribution in [2.45, 2.75) is 6.54 Å². The van der Waals surface area contributed by atoms with Crippen molar-refractivity contribution in [1.82, 2.24) is 24.4 Å². The first-order valence-corrected chi connectivity index (χ1v) is 8.32. The third kappa shape index (κ3) is 2.58. The molecule has 1 amide bonds. The van der Waals surface area contributed by atoms with Crippen LogP contribution in [0.3, 0.4) is 0 Å². The van der Waals surface area contributed by atoms with E-state index in [0.717, 1.165) is 32.8 Å². The molecule has 0 spiro atoms. The zero-order valence-corrected chi connectivity index (χ0v) is 14.0. The molecule has 1 N–H and O–H groups in total. The molecule has 8 nitrogen and oxygen atoms in total. The number of aromatic nitrogens is 3. The van der Waals surface area contributed by atoms with Gasteiger partial charge in [-0.25, -0.2) is 9.50 Å². The summed E-state index contributed by atoms with van der Waals surface area (Å²) in [5, 5.41) is 2.88. The Bertz CT molecular complexity index is 824. The van der Waals surface area contributed by atoms with Crippen LogP contribution in [0.5, 0.6) is 0 Å². The summed E-state index contributed by atoms with van der Waals surface area (Å²) in [6.45, 7) is 4.93. The number of carbonyl (C=O) groups excluding carboxylic acids is 1. The van der Waals surface area contributed by atoms with E-state index in [9.17, 15) is 9.59 Å². The SMILES string of the molecule is O=C1c2nc3cc(Br)[nH]n3c(=O)c2CN1CCN1CCOCC1. The van der Waals surface area contributed by atoms with Crippen molar-refractivity contribution in [2.24, 2.45) is 0 Å². The van der Waals surface area contributed by atoms with Crippen LogP contribution in [-0.4, -0.2) is 69.7 Å². The number of aromatic amines is 1. The van der Waals surface area contributed by atoms with Gasteiger partial charge in [-0.1, -0.05) is 0 Å². The fraction of sp³-hybridized carbons (Fsp3) is 0.500. The molecular weight excluding hydrogens is 366 g/mol. The first-order valence-electron chi connectivity index (χ1n) is 7.53. The predicted octanol–water partition coefficient (Wildman–Crippen LogP) is 0.0731. The molecule has 0 unspecified atom stereocenters. The van der Waals surface area contributed by atoms with Gasteiger partial charge in [0.2, 0.25) is 0 Å². The molecule has 0 saturated carbocycles. The normalized spacial score (nSPS) is 18.8. The summed E-state index contributed by atoms with van der Waals surface area (Å²) in [5.41, 5.74) is 0.981. The van der Waals surface area contributed by atoms with Crippen LogP contribution in [0.15, 0.2) is 15.5 Å². The molecule has 0 bridgehead atoms. The number of fused-ring (bicyclic) bond motifs is 2. The molecule has 4 rings (SSSR count). The zero-order chi connectivity index (χ0) is 16.0. The highest BCUT2D eigenvalue weighted by Gasteiger charge is 2.32. The smallest absolute Gasteiger partial charge is 0.278 e. The maximum Gasteiger partial charge on any atom is 0.278 e. The first kappa shape index (κ1) is 14.9. The summed E-state index contributed by atoms with van der Waals surface area (Å²) in [5.74, 6) is -0.162. The van der Waals surface area contributed by atoms with Gasteiger partial charge in [-0.15, -0.1) is 0 Å². The molecule has 2 aliphatic rings. The second-order valence-electron chi connectivity index (χ2n) is 5.72. The van der Waals surface area contributed by atoms with Gasteiger partial charge in [0.05, 0.1) is 25.3 Å². The second-order valence-corrected chi connectivity index (χ2v) is 6.58. The number of nitrogens with one attached hydrogen (secondary N) is 1. The second kappa shape index (κ2) is 5.73. The van der Waals surface area contributed by atoms with Crippen LogP contribution in [0.4, 0.5) is 0 Å². The van der Waals surface area contributed by atoms with Crippen molar-refractivity contribution >= 4 is 27.5 Å². The molecule has 4 heterocycles. The first-order chi connectivity index (χ1) is 11.1. The number of carbonyl (C=O) groups is 1. The Hall–Kier alpha value is -1.71. The van der Waals surface area contributed by atoms with Crippen molar-refractivity contribution in [3.05, 3.63) is 32.3 Å².